The van der Waals surface area contributed by atoms with Gasteiger partial charge in [-0.2, -0.15) is 0 Å². The van der Waals surface area contributed by atoms with Crippen molar-refractivity contribution in [2.45, 2.75) is 31.4 Å². The van der Waals surface area contributed by atoms with Gasteiger partial charge in [-0.15, -0.1) is 0 Å². The molecule has 0 aliphatic carbocycles. The number of nitrogens with zero attached hydrogens (tertiary/aromatic N) is 2. The normalized spacial score (nSPS) is 26.2. The first-order chi connectivity index (χ1) is 11.7. The minimum atomic E-state index is -0.229. The number of hydrogen-bond donors (Lipinski definition) is 1. The van der Waals surface area contributed by atoms with Crippen molar-refractivity contribution in [3.63, 3.8) is 0 Å². The number of nitrogens with one attached hydrogen (secondary N) is 1. The molecule has 0 radical (unpaired) electrons. The molecule has 1 amide bonds. The Morgan fingerprint density at radius 1 is 1.46 bits per heavy atom. The fraction of sp³-hybridized carbons (Fsp3) is 0.444. The standard InChI is InChI=1S/C18H21N3O3/c1-13-16(4-8-23-13)17(22)21-7-5-18(12-21)9-15(11-24-18)20-14-3-2-6-19-10-14/h2-4,6,8,10,15,20H,5,7,9,11-12H2,1H3. The maximum Gasteiger partial charge on any atom is 0.257 e. The zero-order valence-corrected chi connectivity index (χ0v) is 13.7. The number of aryl methyl sites for hydroxylation is 1. The molecule has 1 spiro atoms. The average molecular weight is 327 g/mol. The second-order valence-electron chi connectivity index (χ2n) is 6.65. The zero-order valence-electron chi connectivity index (χ0n) is 13.7. The predicted molar refractivity (Wildman–Crippen MR) is 88.9 cm³/mol. The van der Waals surface area contributed by atoms with Gasteiger partial charge in [0.1, 0.15) is 5.76 Å². The van der Waals surface area contributed by atoms with Gasteiger partial charge in [0, 0.05) is 25.4 Å². The van der Waals surface area contributed by atoms with E-state index in [1.54, 1.807) is 18.5 Å². The molecule has 2 aliphatic heterocycles. The largest absolute Gasteiger partial charge is 0.469 e. The molecule has 2 unspecified atom stereocenters. The van der Waals surface area contributed by atoms with Crippen LogP contribution in [-0.4, -0.2) is 47.1 Å². The molecule has 0 saturated carbocycles. The number of amides is 1. The first kappa shape index (κ1) is 15.2. The summed E-state index contributed by atoms with van der Waals surface area (Å²) in [7, 11) is 0. The van der Waals surface area contributed by atoms with Crippen LogP contribution in [0.1, 0.15) is 29.0 Å². The monoisotopic (exact) mass is 327 g/mol. The number of anilines is 1. The molecule has 2 saturated heterocycles. The molecule has 0 aromatic carbocycles. The third-order valence-corrected chi connectivity index (χ3v) is 4.93. The van der Waals surface area contributed by atoms with Crippen molar-refractivity contribution in [2.24, 2.45) is 0 Å². The second-order valence-corrected chi connectivity index (χ2v) is 6.65. The number of furan rings is 1. The van der Waals surface area contributed by atoms with Crippen molar-refractivity contribution in [1.29, 1.82) is 0 Å². The Balaban J connectivity index is 1.40. The van der Waals surface area contributed by atoms with Crippen LogP contribution in [0.3, 0.4) is 0 Å². The van der Waals surface area contributed by atoms with Crippen molar-refractivity contribution in [2.75, 3.05) is 25.0 Å². The van der Waals surface area contributed by atoms with Gasteiger partial charge in [0.25, 0.3) is 5.91 Å². The molecule has 126 valence electrons. The van der Waals surface area contributed by atoms with Crippen molar-refractivity contribution in [1.82, 2.24) is 9.88 Å². The topological polar surface area (TPSA) is 67.6 Å². The minimum Gasteiger partial charge on any atom is -0.469 e. The van der Waals surface area contributed by atoms with Crippen LogP contribution in [0.15, 0.2) is 41.3 Å². The van der Waals surface area contributed by atoms with E-state index in [-0.39, 0.29) is 17.6 Å². The van der Waals surface area contributed by atoms with Gasteiger partial charge in [-0.05, 0) is 31.5 Å². The Hall–Kier alpha value is -2.34. The first-order valence-electron chi connectivity index (χ1n) is 8.29. The van der Waals surface area contributed by atoms with Crippen LogP contribution in [0.2, 0.25) is 0 Å². The van der Waals surface area contributed by atoms with E-state index < -0.39 is 0 Å². The molecular weight excluding hydrogens is 306 g/mol. The van der Waals surface area contributed by atoms with Crippen LogP contribution in [0.5, 0.6) is 0 Å². The summed E-state index contributed by atoms with van der Waals surface area (Å²) in [6, 6.07) is 5.91. The Labute approximate surface area is 140 Å². The summed E-state index contributed by atoms with van der Waals surface area (Å²) >= 11 is 0. The Bertz CT molecular complexity index is 730. The highest BCUT2D eigenvalue weighted by atomic mass is 16.5. The fourth-order valence-corrected chi connectivity index (χ4v) is 3.70. The van der Waals surface area contributed by atoms with Crippen molar-refractivity contribution >= 4 is 11.6 Å². The molecule has 6 nitrogen and oxygen atoms in total. The SMILES string of the molecule is Cc1occc1C(=O)N1CCC2(CC(Nc3cccnc3)CO2)C1. The fourth-order valence-electron chi connectivity index (χ4n) is 3.70. The van der Waals surface area contributed by atoms with Gasteiger partial charge in [-0.1, -0.05) is 0 Å². The van der Waals surface area contributed by atoms with Gasteiger partial charge in [-0.25, -0.2) is 0 Å². The number of pyridine rings is 1. The van der Waals surface area contributed by atoms with Crippen LogP contribution in [-0.2, 0) is 4.74 Å². The summed E-state index contributed by atoms with van der Waals surface area (Å²) in [5.74, 6) is 0.704. The average Bonchev–Trinajstić information content (AvgIpc) is 3.30. The van der Waals surface area contributed by atoms with Gasteiger partial charge in [0.05, 0.1) is 42.3 Å². The molecule has 2 aromatic heterocycles. The molecular formula is C18H21N3O3. The Morgan fingerprint density at radius 2 is 2.38 bits per heavy atom. The third kappa shape index (κ3) is 2.78. The molecule has 2 aliphatic rings. The van der Waals surface area contributed by atoms with E-state index >= 15 is 0 Å². The molecule has 6 heteroatoms. The summed E-state index contributed by atoms with van der Waals surface area (Å²) in [6.45, 7) is 3.84. The van der Waals surface area contributed by atoms with E-state index in [4.69, 9.17) is 9.15 Å². The molecule has 0 bridgehead atoms. The number of aromatic nitrogens is 1. The summed E-state index contributed by atoms with van der Waals surface area (Å²) < 4.78 is 11.4. The summed E-state index contributed by atoms with van der Waals surface area (Å²) in [5.41, 5.74) is 1.42. The quantitative estimate of drug-likeness (QED) is 0.938. The van der Waals surface area contributed by atoms with E-state index in [1.807, 2.05) is 30.2 Å². The molecule has 4 rings (SSSR count). The van der Waals surface area contributed by atoms with Crippen LogP contribution in [0, 0.1) is 6.92 Å². The van der Waals surface area contributed by atoms with E-state index in [0.717, 1.165) is 25.1 Å². The number of hydrogen-bond acceptors (Lipinski definition) is 5. The molecule has 1 N–H and O–H groups in total. The number of ether oxygens (including phenoxy) is 1. The number of carbonyl (C=O) groups is 1. The molecule has 24 heavy (non-hydrogen) atoms. The van der Waals surface area contributed by atoms with E-state index in [9.17, 15) is 4.79 Å². The van der Waals surface area contributed by atoms with Gasteiger partial charge in [-0.3, -0.25) is 9.78 Å². The van der Waals surface area contributed by atoms with Crippen molar-refractivity contribution < 1.29 is 13.9 Å². The van der Waals surface area contributed by atoms with E-state index in [0.29, 0.717) is 24.5 Å². The van der Waals surface area contributed by atoms with Crippen LogP contribution in [0.25, 0.3) is 0 Å². The van der Waals surface area contributed by atoms with Gasteiger partial charge in [0.15, 0.2) is 0 Å². The van der Waals surface area contributed by atoms with Crippen LogP contribution in [0.4, 0.5) is 5.69 Å². The van der Waals surface area contributed by atoms with Gasteiger partial charge >= 0.3 is 0 Å². The van der Waals surface area contributed by atoms with Crippen LogP contribution < -0.4 is 5.32 Å². The highest BCUT2D eigenvalue weighted by Crippen LogP contribution is 2.36. The van der Waals surface area contributed by atoms with Gasteiger partial charge < -0.3 is 19.4 Å². The summed E-state index contributed by atoms with van der Waals surface area (Å²) in [5, 5.41) is 3.47. The Morgan fingerprint density at radius 3 is 3.12 bits per heavy atom. The molecule has 2 atom stereocenters. The number of likely N-dealkylation sites (tertiary alicyclic amines) is 1. The van der Waals surface area contributed by atoms with Gasteiger partial charge in [0.2, 0.25) is 0 Å². The number of rotatable bonds is 3. The second kappa shape index (κ2) is 5.94. The van der Waals surface area contributed by atoms with Crippen molar-refractivity contribution in [3.8, 4) is 0 Å². The predicted octanol–water partition coefficient (Wildman–Crippen LogP) is 2.47. The highest BCUT2D eigenvalue weighted by molar-refractivity contribution is 5.95. The van der Waals surface area contributed by atoms with Crippen molar-refractivity contribution in [3.05, 3.63) is 48.2 Å². The summed E-state index contributed by atoms with van der Waals surface area (Å²) in [6.07, 6.45) is 6.92. The lowest BCUT2D eigenvalue weighted by molar-refractivity contribution is 0.0124. The molecule has 2 fully saturated rings. The van der Waals surface area contributed by atoms with Crippen LogP contribution >= 0.6 is 0 Å². The zero-order chi connectivity index (χ0) is 16.6. The van der Waals surface area contributed by atoms with E-state index in [2.05, 4.69) is 10.3 Å². The minimum absolute atomic E-state index is 0.0328. The molecule has 4 heterocycles. The maximum absolute atomic E-state index is 12.6. The lowest BCUT2D eigenvalue weighted by Gasteiger charge is -2.23. The lowest BCUT2D eigenvalue weighted by atomic mass is 9.97. The lowest BCUT2D eigenvalue weighted by Crippen LogP contribution is -2.36. The first-order valence-corrected chi connectivity index (χ1v) is 8.29. The third-order valence-electron chi connectivity index (χ3n) is 4.93. The maximum atomic E-state index is 12.6. The summed E-state index contributed by atoms with van der Waals surface area (Å²) in [4.78, 5) is 18.6. The smallest absolute Gasteiger partial charge is 0.257 e. The number of carbonyl (C=O) groups excluding carboxylic acids is 1. The highest BCUT2D eigenvalue weighted by Gasteiger charge is 2.47. The van der Waals surface area contributed by atoms with E-state index in [1.165, 1.54) is 0 Å². The molecule has 2 aromatic rings. The Kier molecular flexibility index (Phi) is 3.76.